The van der Waals surface area contributed by atoms with Crippen LogP contribution in [0.25, 0.3) is 0 Å². The molecule has 0 saturated carbocycles. The van der Waals surface area contributed by atoms with Crippen LogP contribution in [-0.2, 0) is 9.47 Å². The Morgan fingerprint density at radius 1 is 1.38 bits per heavy atom. The summed E-state index contributed by atoms with van der Waals surface area (Å²) in [6.45, 7) is 5.09. The van der Waals surface area contributed by atoms with Crippen LogP contribution in [0, 0.1) is 0 Å². The Morgan fingerprint density at radius 3 is 3.00 bits per heavy atom. The molecule has 134 valence electrons. The number of carbonyl (C=O) groups is 1. The van der Waals surface area contributed by atoms with Crippen molar-refractivity contribution in [1.29, 1.82) is 0 Å². The molecule has 2 aliphatic rings. The SMILES string of the molecule is CCCCC[C@H]1C[C@H](OC(=O)c2ccc[nH]2)C[C@@H]2C[C@H](C)OCN21. The summed E-state index contributed by atoms with van der Waals surface area (Å²) in [5, 5.41) is 0. The Balaban J connectivity index is 1.63. The zero-order valence-corrected chi connectivity index (χ0v) is 14.9. The molecule has 3 rings (SSSR count). The molecule has 0 spiro atoms. The third-order valence-electron chi connectivity index (χ3n) is 5.35. The second-order valence-electron chi connectivity index (χ2n) is 7.24. The van der Waals surface area contributed by atoms with Crippen molar-refractivity contribution in [3.8, 4) is 0 Å². The van der Waals surface area contributed by atoms with Gasteiger partial charge in [-0.05, 0) is 31.9 Å². The molecule has 3 heterocycles. The average molecular weight is 334 g/mol. The number of H-pyrrole nitrogens is 1. The summed E-state index contributed by atoms with van der Waals surface area (Å²) >= 11 is 0. The fourth-order valence-electron chi connectivity index (χ4n) is 4.06. The second-order valence-corrected chi connectivity index (χ2v) is 7.24. The van der Waals surface area contributed by atoms with E-state index in [4.69, 9.17) is 9.47 Å². The van der Waals surface area contributed by atoms with Crippen molar-refractivity contribution in [1.82, 2.24) is 9.88 Å². The molecule has 1 aromatic heterocycles. The van der Waals surface area contributed by atoms with Crippen LogP contribution in [0.4, 0.5) is 0 Å². The molecule has 2 fully saturated rings. The van der Waals surface area contributed by atoms with Gasteiger partial charge in [-0.25, -0.2) is 4.79 Å². The minimum absolute atomic E-state index is 0.0129. The number of unbranched alkanes of at least 4 members (excludes halogenated alkanes) is 2. The largest absolute Gasteiger partial charge is 0.458 e. The predicted octanol–water partition coefficient (Wildman–Crippen LogP) is 3.72. The molecule has 0 amide bonds. The molecule has 0 aliphatic carbocycles. The summed E-state index contributed by atoms with van der Waals surface area (Å²) in [7, 11) is 0. The highest BCUT2D eigenvalue weighted by Crippen LogP contribution is 2.34. The average Bonchev–Trinajstić information content (AvgIpc) is 3.09. The second kappa shape index (κ2) is 8.17. The lowest BCUT2D eigenvalue weighted by Crippen LogP contribution is -2.56. The van der Waals surface area contributed by atoms with Crippen LogP contribution < -0.4 is 0 Å². The highest BCUT2D eigenvalue weighted by atomic mass is 16.5. The topological polar surface area (TPSA) is 54.6 Å². The van der Waals surface area contributed by atoms with Crippen LogP contribution in [0.5, 0.6) is 0 Å². The van der Waals surface area contributed by atoms with E-state index in [0.29, 0.717) is 23.9 Å². The van der Waals surface area contributed by atoms with Crippen molar-refractivity contribution in [2.24, 2.45) is 0 Å². The fraction of sp³-hybridized carbons (Fsp3) is 0.737. The number of carbonyl (C=O) groups excluding carboxylic acids is 1. The number of ether oxygens (including phenoxy) is 2. The molecule has 4 atom stereocenters. The molecule has 2 saturated heterocycles. The number of hydrogen-bond donors (Lipinski definition) is 1. The van der Waals surface area contributed by atoms with Gasteiger partial charge in [-0.3, -0.25) is 4.90 Å². The maximum absolute atomic E-state index is 12.3. The minimum atomic E-state index is -0.231. The van der Waals surface area contributed by atoms with Crippen LogP contribution in [0.3, 0.4) is 0 Å². The third kappa shape index (κ3) is 4.19. The van der Waals surface area contributed by atoms with E-state index >= 15 is 0 Å². The number of hydrogen-bond acceptors (Lipinski definition) is 4. The van der Waals surface area contributed by atoms with Gasteiger partial charge in [0.1, 0.15) is 11.8 Å². The lowest BCUT2D eigenvalue weighted by Gasteiger charge is -2.48. The first-order valence-corrected chi connectivity index (χ1v) is 9.39. The van der Waals surface area contributed by atoms with Gasteiger partial charge in [-0.15, -0.1) is 0 Å². The molecule has 24 heavy (non-hydrogen) atoms. The maximum Gasteiger partial charge on any atom is 0.355 e. The summed E-state index contributed by atoms with van der Waals surface area (Å²) in [6, 6.07) is 4.53. The molecule has 1 N–H and O–H groups in total. The number of piperidine rings is 1. The third-order valence-corrected chi connectivity index (χ3v) is 5.35. The molecular weight excluding hydrogens is 304 g/mol. The van der Waals surface area contributed by atoms with E-state index in [-0.39, 0.29) is 12.1 Å². The van der Waals surface area contributed by atoms with Crippen LogP contribution in [0.2, 0.25) is 0 Å². The summed E-state index contributed by atoms with van der Waals surface area (Å²) in [6.07, 6.45) is 9.83. The van der Waals surface area contributed by atoms with Gasteiger partial charge in [-0.2, -0.15) is 0 Å². The number of aromatic nitrogens is 1. The first kappa shape index (κ1) is 17.5. The molecule has 0 unspecified atom stereocenters. The van der Waals surface area contributed by atoms with Crippen molar-refractivity contribution < 1.29 is 14.3 Å². The Hall–Kier alpha value is -1.33. The van der Waals surface area contributed by atoms with E-state index in [0.717, 1.165) is 26.0 Å². The number of esters is 1. The van der Waals surface area contributed by atoms with Crippen molar-refractivity contribution in [3.63, 3.8) is 0 Å². The van der Waals surface area contributed by atoms with Gasteiger partial charge in [0.05, 0.1) is 12.8 Å². The molecule has 0 bridgehead atoms. The lowest BCUT2D eigenvalue weighted by molar-refractivity contribution is -0.140. The van der Waals surface area contributed by atoms with Crippen LogP contribution in [0.1, 0.15) is 69.3 Å². The van der Waals surface area contributed by atoms with Crippen molar-refractivity contribution in [3.05, 3.63) is 24.0 Å². The van der Waals surface area contributed by atoms with E-state index in [1.54, 1.807) is 12.3 Å². The fourth-order valence-corrected chi connectivity index (χ4v) is 4.06. The van der Waals surface area contributed by atoms with Crippen LogP contribution in [-0.4, -0.2) is 46.9 Å². The van der Waals surface area contributed by atoms with Gasteiger partial charge in [0.25, 0.3) is 0 Å². The molecular formula is C19H30N2O3. The Bertz CT molecular complexity index is 517. The van der Waals surface area contributed by atoms with Gasteiger partial charge < -0.3 is 14.5 Å². The summed E-state index contributed by atoms with van der Waals surface area (Å²) < 4.78 is 11.7. The molecule has 1 aromatic rings. The minimum Gasteiger partial charge on any atom is -0.458 e. The van der Waals surface area contributed by atoms with E-state index in [2.05, 4.69) is 23.7 Å². The van der Waals surface area contributed by atoms with E-state index in [1.807, 2.05) is 6.07 Å². The van der Waals surface area contributed by atoms with E-state index in [9.17, 15) is 4.79 Å². The predicted molar refractivity (Wildman–Crippen MR) is 92.8 cm³/mol. The quantitative estimate of drug-likeness (QED) is 0.636. The summed E-state index contributed by atoms with van der Waals surface area (Å²) in [5.41, 5.74) is 0.542. The van der Waals surface area contributed by atoms with Gasteiger partial charge in [0, 0.05) is 31.1 Å². The number of nitrogens with zero attached hydrogens (tertiary/aromatic N) is 1. The first-order valence-electron chi connectivity index (χ1n) is 9.39. The van der Waals surface area contributed by atoms with E-state index in [1.165, 1.54) is 25.7 Å². The van der Waals surface area contributed by atoms with Crippen molar-refractivity contribution in [2.45, 2.75) is 83.1 Å². The van der Waals surface area contributed by atoms with Crippen molar-refractivity contribution in [2.75, 3.05) is 6.73 Å². The highest BCUT2D eigenvalue weighted by Gasteiger charge is 2.40. The van der Waals surface area contributed by atoms with Gasteiger partial charge >= 0.3 is 5.97 Å². The number of nitrogens with one attached hydrogen (secondary N) is 1. The normalized spacial score (nSPS) is 30.8. The molecule has 2 aliphatic heterocycles. The lowest BCUT2D eigenvalue weighted by atomic mass is 9.87. The van der Waals surface area contributed by atoms with Crippen LogP contribution in [0.15, 0.2) is 18.3 Å². The summed E-state index contributed by atoms with van der Waals surface area (Å²) in [4.78, 5) is 17.7. The summed E-state index contributed by atoms with van der Waals surface area (Å²) in [5.74, 6) is -0.231. The van der Waals surface area contributed by atoms with Crippen molar-refractivity contribution >= 4 is 5.97 Å². The first-order chi connectivity index (χ1) is 11.7. The van der Waals surface area contributed by atoms with Crippen LogP contribution >= 0.6 is 0 Å². The van der Waals surface area contributed by atoms with Gasteiger partial charge in [0.15, 0.2) is 0 Å². The van der Waals surface area contributed by atoms with Gasteiger partial charge in [-0.1, -0.05) is 26.2 Å². The molecule has 0 aromatic carbocycles. The Labute approximate surface area is 144 Å². The highest BCUT2D eigenvalue weighted by molar-refractivity contribution is 5.87. The zero-order chi connectivity index (χ0) is 16.9. The number of fused-ring (bicyclic) bond motifs is 1. The zero-order valence-electron chi connectivity index (χ0n) is 14.9. The van der Waals surface area contributed by atoms with Gasteiger partial charge in [0.2, 0.25) is 0 Å². The monoisotopic (exact) mass is 334 g/mol. The molecule has 0 radical (unpaired) electrons. The standard InChI is InChI=1S/C19H30N2O3/c1-3-4-5-7-15-11-17(24-19(22)18-8-6-9-20-18)12-16-10-14(2)23-13-21(15)16/h6,8-9,14-17,20H,3-5,7,10-13H2,1-2H3/t14-,15-,16-,17-/m0/s1. The smallest absolute Gasteiger partial charge is 0.355 e. The Kier molecular flexibility index (Phi) is 5.95. The van der Waals surface area contributed by atoms with E-state index < -0.39 is 0 Å². The number of rotatable bonds is 6. The molecule has 5 nitrogen and oxygen atoms in total. The Morgan fingerprint density at radius 2 is 2.25 bits per heavy atom. The molecule has 5 heteroatoms. The number of aromatic amines is 1. The maximum atomic E-state index is 12.3.